The fourth-order valence-corrected chi connectivity index (χ4v) is 3.94. The summed E-state index contributed by atoms with van der Waals surface area (Å²) in [7, 11) is 0. The summed E-state index contributed by atoms with van der Waals surface area (Å²) in [6.45, 7) is 3.47. The van der Waals surface area contributed by atoms with Gasteiger partial charge in [-0.25, -0.2) is 4.79 Å². The van der Waals surface area contributed by atoms with Crippen LogP contribution in [-0.2, 0) is 4.74 Å². The molecular weight excluding hydrogens is 332 g/mol. The lowest BCUT2D eigenvalue weighted by molar-refractivity contribution is 0.0666. The normalized spacial score (nSPS) is 14.7. The molecule has 0 atom stereocenters. The van der Waals surface area contributed by atoms with Gasteiger partial charge in [-0.05, 0) is 62.0 Å². The fourth-order valence-electron chi connectivity index (χ4n) is 3.94. The zero-order valence-electron chi connectivity index (χ0n) is 14.6. The molecule has 0 aromatic heterocycles. The Hall–Kier alpha value is -3.65. The summed E-state index contributed by atoms with van der Waals surface area (Å²) < 4.78 is 4.99. The summed E-state index contributed by atoms with van der Waals surface area (Å²) >= 11 is 0. The molecule has 0 spiro atoms. The van der Waals surface area contributed by atoms with E-state index in [1.807, 2.05) is 18.2 Å². The highest BCUT2D eigenvalue weighted by Crippen LogP contribution is 2.38. The maximum absolute atomic E-state index is 12.3. The molecule has 0 saturated carbocycles. The Bertz CT molecular complexity index is 1270. The Morgan fingerprint density at radius 1 is 0.815 bits per heavy atom. The van der Waals surface area contributed by atoms with Crippen molar-refractivity contribution in [3.8, 4) is 0 Å². The highest BCUT2D eigenvalue weighted by molar-refractivity contribution is 6.16. The molecule has 2 aliphatic carbocycles. The van der Waals surface area contributed by atoms with Crippen LogP contribution in [-0.4, -0.2) is 5.97 Å². The lowest BCUT2D eigenvalue weighted by Crippen LogP contribution is -2.01. The van der Waals surface area contributed by atoms with Gasteiger partial charge < -0.3 is 4.74 Å². The van der Waals surface area contributed by atoms with E-state index in [1.54, 1.807) is 6.07 Å². The van der Waals surface area contributed by atoms with Crippen molar-refractivity contribution in [1.29, 1.82) is 0 Å². The summed E-state index contributed by atoms with van der Waals surface area (Å²) in [5, 5.41) is 4.22. The molecule has 0 fully saturated rings. The van der Waals surface area contributed by atoms with Crippen LogP contribution in [0.4, 0.5) is 0 Å². The third-order valence-electron chi connectivity index (χ3n) is 5.15. The molecule has 3 aromatic rings. The van der Waals surface area contributed by atoms with Crippen LogP contribution < -0.4 is 0 Å². The number of rotatable bonds is 3. The van der Waals surface area contributed by atoms with Crippen LogP contribution in [0.5, 0.6) is 0 Å². The Labute approximate surface area is 157 Å². The monoisotopic (exact) mass is 348 g/mol. The third-order valence-corrected chi connectivity index (χ3v) is 5.15. The second-order valence-corrected chi connectivity index (χ2v) is 6.62. The average Bonchev–Trinajstić information content (AvgIpc) is 3.29. The predicted molar refractivity (Wildman–Crippen MR) is 110 cm³/mol. The molecule has 0 bridgehead atoms. The minimum absolute atomic E-state index is 0.388. The number of carbonyl (C=O) groups excluding carboxylic acids is 1. The van der Waals surface area contributed by atoms with Gasteiger partial charge in [0, 0.05) is 0 Å². The zero-order chi connectivity index (χ0) is 18.4. The van der Waals surface area contributed by atoms with Gasteiger partial charge in [0.1, 0.15) is 0 Å². The number of fused-ring (bicyclic) bond motifs is 4. The highest BCUT2D eigenvalue weighted by atomic mass is 16.5. The van der Waals surface area contributed by atoms with Gasteiger partial charge >= 0.3 is 5.97 Å². The van der Waals surface area contributed by atoms with Crippen LogP contribution in [0.3, 0.4) is 0 Å². The van der Waals surface area contributed by atoms with E-state index in [2.05, 4.69) is 61.2 Å². The SMILES string of the molecule is C=COC(=O)c1cccc2c1ccc1c(C3=CC4=CC=CC4=C3)cccc12. The molecule has 2 aliphatic rings. The van der Waals surface area contributed by atoms with Crippen molar-refractivity contribution in [2.24, 2.45) is 0 Å². The van der Waals surface area contributed by atoms with Crippen molar-refractivity contribution >= 4 is 33.1 Å². The van der Waals surface area contributed by atoms with Crippen molar-refractivity contribution in [2.75, 3.05) is 0 Å². The third kappa shape index (κ3) is 2.38. The van der Waals surface area contributed by atoms with E-state index in [1.165, 1.54) is 33.9 Å². The second-order valence-electron chi connectivity index (χ2n) is 6.62. The van der Waals surface area contributed by atoms with E-state index in [4.69, 9.17) is 4.74 Å². The topological polar surface area (TPSA) is 26.3 Å². The number of carbonyl (C=O) groups is 1. The number of hydrogen-bond donors (Lipinski definition) is 0. The fraction of sp³-hybridized carbons (Fsp3) is 0. The van der Waals surface area contributed by atoms with Crippen LogP contribution in [0.15, 0.2) is 103 Å². The van der Waals surface area contributed by atoms with Gasteiger partial charge in [0.15, 0.2) is 0 Å². The molecule has 0 N–H and O–H groups in total. The lowest BCUT2D eigenvalue weighted by Gasteiger charge is -2.11. The number of ether oxygens (including phenoxy) is 1. The first-order valence-electron chi connectivity index (χ1n) is 8.85. The molecule has 0 radical (unpaired) electrons. The maximum Gasteiger partial charge on any atom is 0.343 e. The maximum atomic E-state index is 12.3. The van der Waals surface area contributed by atoms with E-state index >= 15 is 0 Å². The van der Waals surface area contributed by atoms with Crippen molar-refractivity contribution in [1.82, 2.24) is 0 Å². The molecule has 0 heterocycles. The van der Waals surface area contributed by atoms with Gasteiger partial charge in [-0.3, -0.25) is 0 Å². The average molecular weight is 348 g/mol. The first kappa shape index (κ1) is 15.6. The molecule has 0 amide bonds. The zero-order valence-corrected chi connectivity index (χ0v) is 14.6. The number of esters is 1. The van der Waals surface area contributed by atoms with E-state index in [0.29, 0.717) is 5.56 Å². The van der Waals surface area contributed by atoms with Gasteiger partial charge in [0.25, 0.3) is 0 Å². The minimum Gasteiger partial charge on any atom is -0.432 e. The standard InChI is InChI=1S/C25H16O2/c1-2-27-25(26)24-11-5-10-21-20-9-4-8-19(22(20)12-13-23(21)24)18-14-16-6-3-7-17(16)15-18/h2-15H,1H2. The quantitative estimate of drug-likeness (QED) is 0.324. The largest absolute Gasteiger partial charge is 0.432 e. The van der Waals surface area contributed by atoms with Gasteiger partial charge in [0.2, 0.25) is 0 Å². The smallest absolute Gasteiger partial charge is 0.343 e. The van der Waals surface area contributed by atoms with Gasteiger partial charge in [0.05, 0.1) is 11.8 Å². The van der Waals surface area contributed by atoms with E-state index in [0.717, 1.165) is 16.2 Å². The van der Waals surface area contributed by atoms with Gasteiger partial charge in [-0.1, -0.05) is 67.3 Å². The summed E-state index contributed by atoms with van der Waals surface area (Å²) in [4.78, 5) is 12.3. The lowest BCUT2D eigenvalue weighted by atomic mass is 9.93. The van der Waals surface area contributed by atoms with Gasteiger partial charge in [-0.2, -0.15) is 0 Å². The molecule has 0 aliphatic heterocycles. The molecule has 128 valence electrons. The van der Waals surface area contributed by atoms with E-state index in [9.17, 15) is 4.79 Å². The molecule has 27 heavy (non-hydrogen) atoms. The summed E-state index contributed by atoms with van der Waals surface area (Å²) in [5.41, 5.74) is 5.48. The molecule has 3 aromatic carbocycles. The first-order chi connectivity index (χ1) is 13.3. The van der Waals surface area contributed by atoms with Crippen molar-refractivity contribution in [3.05, 3.63) is 114 Å². The van der Waals surface area contributed by atoms with Crippen molar-refractivity contribution < 1.29 is 9.53 Å². The summed E-state index contributed by atoms with van der Waals surface area (Å²) in [6.07, 6.45) is 12.0. The van der Waals surface area contributed by atoms with Crippen LogP contribution >= 0.6 is 0 Å². The van der Waals surface area contributed by atoms with E-state index < -0.39 is 0 Å². The Kier molecular flexibility index (Phi) is 3.44. The predicted octanol–water partition coefficient (Wildman–Crippen LogP) is 6.11. The Balaban J connectivity index is 1.74. The molecule has 0 saturated heterocycles. The van der Waals surface area contributed by atoms with Gasteiger partial charge in [-0.15, -0.1) is 0 Å². The van der Waals surface area contributed by atoms with Crippen molar-refractivity contribution in [2.45, 2.75) is 0 Å². The molecule has 2 nitrogen and oxygen atoms in total. The Morgan fingerprint density at radius 3 is 2.37 bits per heavy atom. The van der Waals surface area contributed by atoms with Crippen LogP contribution in [0, 0.1) is 0 Å². The van der Waals surface area contributed by atoms with Crippen LogP contribution in [0.1, 0.15) is 15.9 Å². The molecule has 2 heteroatoms. The summed E-state index contributed by atoms with van der Waals surface area (Å²) in [6, 6.07) is 16.2. The molecule has 0 unspecified atom stereocenters. The first-order valence-corrected chi connectivity index (χ1v) is 8.85. The second kappa shape index (κ2) is 5.96. The number of allylic oxidation sites excluding steroid dienone is 8. The minimum atomic E-state index is -0.388. The number of benzene rings is 3. The van der Waals surface area contributed by atoms with Crippen LogP contribution in [0.2, 0.25) is 0 Å². The van der Waals surface area contributed by atoms with Crippen LogP contribution in [0.25, 0.3) is 27.1 Å². The van der Waals surface area contributed by atoms with E-state index in [-0.39, 0.29) is 5.97 Å². The molecule has 5 rings (SSSR count). The highest BCUT2D eigenvalue weighted by Gasteiger charge is 2.17. The molecular formula is C25H16O2. The summed E-state index contributed by atoms with van der Waals surface area (Å²) in [5.74, 6) is -0.388. The Morgan fingerprint density at radius 2 is 1.56 bits per heavy atom. The number of hydrogen-bond acceptors (Lipinski definition) is 2. The van der Waals surface area contributed by atoms with Crippen molar-refractivity contribution in [3.63, 3.8) is 0 Å².